The molecule has 1 atom stereocenters. The summed E-state index contributed by atoms with van der Waals surface area (Å²) in [6, 6.07) is 0.0175. The molecule has 0 aromatic rings. The molecule has 0 bridgehead atoms. The van der Waals surface area contributed by atoms with Crippen LogP contribution in [-0.2, 0) is 9.59 Å². The molecule has 4 heteroatoms. The summed E-state index contributed by atoms with van der Waals surface area (Å²) in [6.45, 7) is 0.854. The van der Waals surface area contributed by atoms with E-state index in [9.17, 15) is 9.59 Å². The maximum Gasteiger partial charge on any atom is 0.289 e. The lowest BCUT2D eigenvalue weighted by molar-refractivity contribution is -0.140. The summed E-state index contributed by atoms with van der Waals surface area (Å²) in [5, 5.41) is 5.79. The van der Waals surface area contributed by atoms with Gasteiger partial charge in [0.1, 0.15) is 0 Å². The van der Waals surface area contributed by atoms with Gasteiger partial charge < -0.3 is 10.6 Å². The van der Waals surface area contributed by atoms with E-state index in [2.05, 4.69) is 10.6 Å². The number of amides is 1. The average molecular weight is 210 g/mol. The molecule has 2 rings (SSSR count). The van der Waals surface area contributed by atoms with E-state index < -0.39 is 0 Å². The van der Waals surface area contributed by atoms with Gasteiger partial charge in [0.2, 0.25) is 5.78 Å². The van der Waals surface area contributed by atoms with E-state index in [1.165, 1.54) is 19.3 Å². The van der Waals surface area contributed by atoms with Crippen molar-refractivity contribution in [1.82, 2.24) is 10.6 Å². The second kappa shape index (κ2) is 4.75. The van der Waals surface area contributed by atoms with Crippen LogP contribution in [0.1, 0.15) is 38.5 Å². The highest BCUT2D eigenvalue weighted by Crippen LogP contribution is 2.17. The highest BCUT2D eigenvalue weighted by Gasteiger charge is 2.30. The Bertz CT molecular complexity index is 255. The largest absolute Gasteiger partial charge is 0.347 e. The molecule has 2 aliphatic rings. The Morgan fingerprint density at radius 1 is 1.07 bits per heavy atom. The highest BCUT2D eigenvalue weighted by molar-refractivity contribution is 6.38. The Kier molecular flexibility index (Phi) is 3.36. The van der Waals surface area contributed by atoms with Gasteiger partial charge in [0.25, 0.3) is 5.91 Å². The first-order valence-corrected chi connectivity index (χ1v) is 5.85. The van der Waals surface area contributed by atoms with Crippen LogP contribution in [-0.4, -0.2) is 30.3 Å². The third-order valence-corrected chi connectivity index (χ3v) is 3.30. The molecule has 0 radical (unpaired) electrons. The monoisotopic (exact) mass is 210 g/mol. The van der Waals surface area contributed by atoms with Crippen molar-refractivity contribution in [3.05, 3.63) is 0 Å². The molecular weight excluding hydrogens is 192 g/mol. The number of nitrogens with one attached hydrogen (secondary N) is 2. The number of ketones is 1. The first-order valence-electron chi connectivity index (χ1n) is 5.85. The fourth-order valence-corrected chi connectivity index (χ4v) is 2.17. The summed E-state index contributed by atoms with van der Waals surface area (Å²) >= 11 is 0. The molecule has 0 aromatic heterocycles. The topological polar surface area (TPSA) is 58.2 Å². The minimum absolute atomic E-state index is 0.214. The van der Waals surface area contributed by atoms with Gasteiger partial charge in [0, 0.05) is 6.04 Å². The van der Waals surface area contributed by atoms with Crippen LogP contribution < -0.4 is 10.6 Å². The third-order valence-electron chi connectivity index (χ3n) is 3.30. The van der Waals surface area contributed by atoms with Gasteiger partial charge in [-0.2, -0.15) is 0 Å². The van der Waals surface area contributed by atoms with Crippen molar-refractivity contribution >= 4 is 11.7 Å². The molecule has 1 aliphatic heterocycles. The van der Waals surface area contributed by atoms with Gasteiger partial charge in [-0.05, 0) is 25.8 Å². The van der Waals surface area contributed by atoms with Crippen LogP contribution in [0.25, 0.3) is 0 Å². The Balaban J connectivity index is 1.77. The quantitative estimate of drug-likeness (QED) is 0.661. The van der Waals surface area contributed by atoms with Gasteiger partial charge in [-0.25, -0.2) is 0 Å². The van der Waals surface area contributed by atoms with Gasteiger partial charge >= 0.3 is 0 Å². The Morgan fingerprint density at radius 3 is 2.27 bits per heavy atom. The summed E-state index contributed by atoms with van der Waals surface area (Å²) in [7, 11) is 0. The Labute approximate surface area is 89.8 Å². The van der Waals surface area contributed by atoms with E-state index in [1.807, 2.05) is 0 Å². The lowest BCUT2D eigenvalue weighted by Crippen LogP contribution is -2.54. The van der Waals surface area contributed by atoms with Gasteiger partial charge in [-0.3, -0.25) is 9.59 Å². The van der Waals surface area contributed by atoms with Crippen molar-refractivity contribution < 1.29 is 9.59 Å². The zero-order valence-corrected chi connectivity index (χ0v) is 8.92. The Hall–Kier alpha value is -0.900. The minimum Gasteiger partial charge on any atom is -0.347 e. The summed E-state index contributed by atoms with van der Waals surface area (Å²) < 4.78 is 0. The molecule has 2 fully saturated rings. The smallest absolute Gasteiger partial charge is 0.289 e. The molecule has 1 heterocycles. The number of rotatable bonds is 3. The predicted molar refractivity (Wildman–Crippen MR) is 56.4 cm³/mol. The molecule has 1 saturated carbocycles. The van der Waals surface area contributed by atoms with Crippen molar-refractivity contribution in [1.29, 1.82) is 0 Å². The summed E-state index contributed by atoms with van der Waals surface area (Å²) in [4.78, 5) is 23.1. The molecule has 1 saturated heterocycles. The van der Waals surface area contributed by atoms with Gasteiger partial charge in [-0.15, -0.1) is 0 Å². The molecular formula is C11H18N2O2. The van der Waals surface area contributed by atoms with E-state index in [1.54, 1.807) is 0 Å². The van der Waals surface area contributed by atoms with E-state index in [4.69, 9.17) is 0 Å². The zero-order valence-electron chi connectivity index (χ0n) is 8.92. The predicted octanol–water partition coefficient (Wildman–Crippen LogP) is 0.366. The average Bonchev–Trinajstić information content (AvgIpc) is 2.16. The van der Waals surface area contributed by atoms with E-state index in [-0.39, 0.29) is 23.8 Å². The van der Waals surface area contributed by atoms with Gasteiger partial charge in [0.05, 0.1) is 6.04 Å². The standard InChI is InChI=1S/C11H18N2O2/c14-10(9-6-7-12-9)11(15)13-8-4-2-1-3-5-8/h8-9,12H,1-7H2,(H,13,15). The van der Waals surface area contributed by atoms with Gasteiger partial charge in [0.15, 0.2) is 0 Å². The van der Waals surface area contributed by atoms with Crippen molar-refractivity contribution in [2.75, 3.05) is 6.54 Å². The summed E-state index contributed by atoms with van der Waals surface area (Å²) in [6.07, 6.45) is 6.44. The molecule has 2 N–H and O–H groups in total. The fourth-order valence-electron chi connectivity index (χ4n) is 2.17. The first kappa shape index (κ1) is 10.6. The molecule has 0 spiro atoms. The zero-order chi connectivity index (χ0) is 10.7. The van der Waals surface area contributed by atoms with Crippen LogP contribution in [0.15, 0.2) is 0 Å². The maximum absolute atomic E-state index is 11.5. The van der Waals surface area contributed by atoms with Crippen LogP contribution in [0.4, 0.5) is 0 Å². The molecule has 1 amide bonds. The highest BCUT2D eigenvalue weighted by atomic mass is 16.2. The second-order valence-corrected chi connectivity index (χ2v) is 4.47. The lowest BCUT2D eigenvalue weighted by atomic mass is 9.95. The lowest BCUT2D eigenvalue weighted by Gasteiger charge is -2.27. The van der Waals surface area contributed by atoms with Crippen molar-refractivity contribution in [2.45, 2.75) is 50.6 Å². The summed E-state index contributed by atoms with van der Waals surface area (Å²) in [5.74, 6) is -0.675. The van der Waals surface area contributed by atoms with E-state index in [0.29, 0.717) is 0 Å². The number of hydrogen-bond donors (Lipinski definition) is 2. The van der Waals surface area contributed by atoms with Crippen molar-refractivity contribution in [2.24, 2.45) is 0 Å². The molecule has 15 heavy (non-hydrogen) atoms. The third kappa shape index (κ3) is 2.56. The molecule has 1 unspecified atom stereocenters. The molecule has 0 aromatic carbocycles. The van der Waals surface area contributed by atoms with Crippen LogP contribution in [0, 0.1) is 0 Å². The first-order chi connectivity index (χ1) is 7.27. The van der Waals surface area contributed by atoms with Gasteiger partial charge in [-0.1, -0.05) is 19.3 Å². The minimum atomic E-state index is -0.390. The SMILES string of the molecule is O=C(NC1CCCCC1)C(=O)C1CCN1. The molecule has 1 aliphatic carbocycles. The number of Topliss-reactive ketones (excluding diaryl/α,β-unsaturated/α-hetero) is 1. The van der Waals surface area contributed by atoms with Crippen LogP contribution >= 0.6 is 0 Å². The molecule has 84 valence electrons. The fraction of sp³-hybridized carbons (Fsp3) is 0.818. The number of carbonyl (C=O) groups excluding carboxylic acids is 2. The van der Waals surface area contributed by atoms with Crippen LogP contribution in [0.3, 0.4) is 0 Å². The van der Waals surface area contributed by atoms with Crippen molar-refractivity contribution in [3.63, 3.8) is 0 Å². The van der Waals surface area contributed by atoms with E-state index >= 15 is 0 Å². The molecule has 4 nitrogen and oxygen atoms in total. The van der Waals surface area contributed by atoms with Crippen LogP contribution in [0.2, 0.25) is 0 Å². The Morgan fingerprint density at radius 2 is 1.73 bits per heavy atom. The number of hydrogen-bond acceptors (Lipinski definition) is 3. The summed E-state index contributed by atoms with van der Waals surface area (Å²) in [5.41, 5.74) is 0. The normalized spacial score (nSPS) is 26.8. The second-order valence-electron chi connectivity index (χ2n) is 4.47. The van der Waals surface area contributed by atoms with Crippen molar-refractivity contribution in [3.8, 4) is 0 Å². The maximum atomic E-state index is 11.5. The van der Waals surface area contributed by atoms with Crippen LogP contribution in [0.5, 0.6) is 0 Å². The van der Waals surface area contributed by atoms with E-state index in [0.717, 1.165) is 25.8 Å². The number of carbonyl (C=O) groups is 2.